The molecule has 2 aliphatic rings. The van der Waals surface area contributed by atoms with Gasteiger partial charge in [-0.15, -0.1) is 0 Å². The van der Waals surface area contributed by atoms with Crippen molar-refractivity contribution < 1.29 is 4.79 Å². The summed E-state index contributed by atoms with van der Waals surface area (Å²) in [6.45, 7) is 9.13. The van der Waals surface area contributed by atoms with Gasteiger partial charge in [0.25, 0.3) is 0 Å². The van der Waals surface area contributed by atoms with Gasteiger partial charge in [0.05, 0.1) is 6.54 Å². The van der Waals surface area contributed by atoms with Crippen LogP contribution in [0, 0.1) is 5.92 Å². The number of fused-ring (bicyclic) bond motifs is 1. The molecule has 1 atom stereocenters. The lowest BCUT2D eigenvalue weighted by Gasteiger charge is -2.33. The molecule has 0 aliphatic carbocycles. The lowest BCUT2D eigenvalue weighted by atomic mass is 9.97. The van der Waals surface area contributed by atoms with Crippen LogP contribution in [0.25, 0.3) is 0 Å². The van der Waals surface area contributed by atoms with Gasteiger partial charge in [-0.05, 0) is 69.9 Å². The molecular weight excluding hydrogens is 286 g/mol. The molecule has 1 aromatic rings. The lowest BCUT2D eigenvalue weighted by molar-refractivity contribution is -0.120. The van der Waals surface area contributed by atoms with Gasteiger partial charge >= 0.3 is 0 Å². The molecular formula is C19H29N3O. The maximum atomic E-state index is 12.8. The fourth-order valence-electron chi connectivity index (χ4n) is 3.91. The van der Waals surface area contributed by atoms with E-state index in [1.54, 1.807) is 0 Å². The minimum Gasteiger partial charge on any atom is -0.317 e. The van der Waals surface area contributed by atoms with E-state index in [1.165, 1.54) is 18.4 Å². The van der Waals surface area contributed by atoms with Crippen LogP contribution in [0.4, 0.5) is 5.69 Å². The Morgan fingerprint density at radius 2 is 2.00 bits per heavy atom. The molecule has 4 nitrogen and oxygen atoms in total. The average molecular weight is 315 g/mol. The Labute approximate surface area is 139 Å². The SMILES string of the molecule is CCNCC1CCN(CC(=O)N2c3ccccc3CC2C)CC1. The number of amides is 1. The van der Waals surface area contributed by atoms with E-state index in [-0.39, 0.29) is 11.9 Å². The summed E-state index contributed by atoms with van der Waals surface area (Å²) >= 11 is 0. The third-order valence-electron chi connectivity index (χ3n) is 5.22. The van der Waals surface area contributed by atoms with Crippen LogP contribution in [-0.2, 0) is 11.2 Å². The quantitative estimate of drug-likeness (QED) is 0.905. The summed E-state index contributed by atoms with van der Waals surface area (Å²) in [5.41, 5.74) is 2.42. The highest BCUT2D eigenvalue weighted by molar-refractivity contribution is 5.97. The molecule has 23 heavy (non-hydrogen) atoms. The maximum absolute atomic E-state index is 12.8. The number of hydrogen-bond acceptors (Lipinski definition) is 3. The molecule has 1 fully saturated rings. The van der Waals surface area contributed by atoms with E-state index in [0.29, 0.717) is 6.54 Å². The Morgan fingerprint density at radius 3 is 2.74 bits per heavy atom. The second-order valence-corrected chi connectivity index (χ2v) is 6.97. The summed E-state index contributed by atoms with van der Waals surface area (Å²) in [7, 11) is 0. The molecule has 1 saturated heterocycles. The number of anilines is 1. The standard InChI is InChI=1S/C19H29N3O/c1-3-20-13-16-8-10-21(11-9-16)14-19(23)22-15(2)12-17-6-4-5-7-18(17)22/h4-7,15-16,20H,3,8-14H2,1-2H3. The molecule has 1 unspecified atom stereocenters. The zero-order valence-corrected chi connectivity index (χ0v) is 14.4. The normalized spacial score (nSPS) is 22.3. The minimum absolute atomic E-state index is 0.257. The van der Waals surface area contributed by atoms with Crippen molar-refractivity contribution in [1.82, 2.24) is 10.2 Å². The number of likely N-dealkylation sites (tertiary alicyclic amines) is 1. The number of rotatable bonds is 5. The van der Waals surface area contributed by atoms with Gasteiger partial charge in [-0.25, -0.2) is 0 Å². The Bertz CT molecular complexity index is 537. The van der Waals surface area contributed by atoms with Crippen LogP contribution >= 0.6 is 0 Å². The van der Waals surface area contributed by atoms with Crippen molar-refractivity contribution in [3.63, 3.8) is 0 Å². The third-order valence-corrected chi connectivity index (χ3v) is 5.22. The van der Waals surface area contributed by atoms with Gasteiger partial charge in [0, 0.05) is 11.7 Å². The molecule has 2 aliphatic heterocycles. The molecule has 4 heteroatoms. The molecule has 0 radical (unpaired) electrons. The van der Waals surface area contributed by atoms with Gasteiger partial charge in [0.15, 0.2) is 0 Å². The van der Waals surface area contributed by atoms with E-state index in [4.69, 9.17) is 0 Å². The zero-order valence-electron chi connectivity index (χ0n) is 14.4. The summed E-state index contributed by atoms with van der Waals surface area (Å²) in [4.78, 5) is 17.2. The number of nitrogens with zero attached hydrogens (tertiary/aromatic N) is 2. The van der Waals surface area contributed by atoms with Crippen molar-refractivity contribution in [2.24, 2.45) is 5.92 Å². The Kier molecular flexibility index (Phi) is 5.34. The van der Waals surface area contributed by atoms with Crippen molar-refractivity contribution in [2.75, 3.05) is 37.6 Å². The van der Waals surface area contributed by atoms with Crippen LogP contribution in [0.15, 0.2) is 24.3 Å². The Balaban J connectivity index is 1.54. The predicted molar refractivity (Wildman–Crippen MR) is 94.8 cm³/mol. The van der Waals surface area contributed by atoms with Crippen LogP contribution in [0.3, 0.4) is 0 Å². The van der Waals surface area contributed by atoms with E-state index in [2.05, 4.69) is 42.3 Å². The van der Waals surface area contributed by atoms with Crippen LogP contribution in [0.2, 0.25) is 0 Å². The number of nitrogens with one attached hydrogen (secondary N) is 1. The molecule has 3 rings (SSSR count). The topological polar surface area (TPSA) is 35.6 Å². The average Bonchev–Trinajstić information content (AvgIpc) is 2.90. The molecule has 1 aromatic carbocycles. The van der Waals surface area contributed by atoms with Crippen molar-refractivity contribution in [3.8, 4) is 0 Å². The third kappa shape index (κ3) is 3.75. The maximum Gasteiger partial charge on any atom is 0.241 e. The summed E-state index contributed by atoms with van der Waals surface area (Å²) in [6, 6.07) is 8.61. The zero-order chi connectivity index (χ0) is 16.2. The number of benzene rings is 1. The second kappa shape index (κ2) is 7.45. The first-order valence-corrected chi connectivity index (χ1v) is 9.02. The first-order valence-electron chi connectivity index (χ1n) is 9.02. The summed E-state index contributed by atoms with van der Waals surface area (Å²) in [6.07, 6.45) is 3.38. The van der Waals surface area contributed by atoms with E-state index < -0.39 is 0 Å². The number of piperidine rings is 1. The smallest absolute Gasteiger partial charge is 0.241 e. The van der Waals surface area contributed by atoms with Gasteiger partial charge in [0.2, 0.25) is 5.91 Å². The van der Waals surface area contributed by atoms with Crippen molar-refractivity contribution in [1.29, 1.82) is 0 Å². The molecule has 1 N–H and O–H groups in total. The molecule has 0 bridgehead atoms. The molecule has 0 aromatic heterocycles. The molecule has 2 heterocycles. The molecule has 126 valence electrons. The highest BCUT2D eigenvalue weighted by atomic mass is 16.2. The van der Waals surface area contributed by atoms with Gasteiger partial charge in [-0.1, -0.05) is 25.1 Å². The van der Waals surface area contributed by atoms with Crippen LogP contribution in [0.5, 0.6) is 0 Å². The largest absolute Gasteiger partial charge is 0.317 e. The van der Waals surface area contributed by atoms with Crippen LogP contribution < -0.4 is 10.2 Å². The van der Waals surface area contributed by atoms with Crippen LogP contribution in [-0.4, -0.2) is 49.6 Å². The first-order chi connectivity index (χ1) is 11.2. The Morgan fingerprint density at radius 1 is 1.26 bits per heavy atom. The number of para-hydroxylation sites is 1. The van der Waals surface area contributed by atoms with Crippen molar-refractivity contribution in [3.05, 3.63) is 29.8 Å². The fraction of sp³-hybridized carbons (Fsp3) is 0.632. The first kappa shape index (κ1) is 16.5. The second-order valence-electron chi connectivity index (χ2n) is 6.97. The fourth-order valence-corrected chi connectivity index (χ4v) is 3.91. The monoisotopic (exact) mass is 315 g/mol. The summed E-state index contributed by atoms with van der Waals surface area (Å²) in [5.74, 6) is 1.03. The number of hydrogen-bond donors (Lipinski definition) is 1. The number of carbonyl (C=O) groups excluding carboxylic acids is 1. The van der Waals surface area contributed by atoms with Crippen LogP contribution in [0.1, 0.15) is 32.3 Å². The van der Waals surface area contributed by atoms with E-state index in [1.807, 2.05) is 11.0 Å². The minimum atomic E-state index is 0.257. The summed E-state index contributed by atoms with van der Waals surface area (Å²) < 4.78 is 0. The van der Waals surface area contributed by atoms with Crippen molar-refractivity contribution in [2.45, 2.75) is 39.2 Å². The highest BCUT2D eigenvalue weighted by Gasteiger charge is 2.31. The molecule has 0 spiro atoms. The van der Waals surface area contributed by atoms with Gasteiger partial charge in [-0.3, -0.25) is 9.69 Å². The van der Waals surface area contributed by atoms with Crippen molar-refractivity contribution >= 4 is 11.6 Å². The lowest BCUT2D eigenvalue weighted by Crippen LogP contribution is -2.46. The molecule has 0 saturated carbocycles. The summed E-state index contributed by atoms with van der Waals surface area (Å²) in [5, 5.41) is 3.44. The van der Waals surface area contributed by atoms with Gasteiger partial charge < -0.3 is 10.2 Å². The highest BCUT2D eigenvalue weighted by Crippen LogP contribution is 2.32. The van der Waals surface area contributed by atoms with E-state index in [9.17, 15) is 4.79 Å². The number of carbonyl (C=O) groups is 1. The van der Waals surface area contributed by atoms with Gasteiger partial charge in [0.1, 0.15) is 0 Å². The Hall–Kier alpha value is -1.39. The van der Waals surface area contributed by atoms with Gasteiger partial charge in [-0.2, -0.15) is 0 Å². The van der Waals surface area contributed by atoms with E-state index >= 15 is 0 Å². The van der Waals surface area contributed by atoms with E-state index in [0.717, 1.165) is 44.2 Å². The molecule has 1 amide bonds. The predicted octanol–water partition coefficient (Wildman–Crippen LogP) is 2.29.